The Morgan fingerprint density at radius 2 is 0.900 bits per heavy atom. The number of hydrogen-bond donors (Lipinski definition) is 10. The van der Waals surface area contributed by atoms with Gasteiger partial charge < -0.3 is 103 Å². The number of para-hydroxylation sites is 2. The van der Waals surface area contributed by atoms with E-state index in [1.807, 2.05) is 48.5 Å². The van der Waals surface area contributed by atoms with Gasteiger partial charge >= 0.3 is 0 Å². The Morgan fingerprint density at radius 1 is 0.520 bits per heavy atom. The summed E-state index contributed by atoms with van der Waals surface area (Å²) in [5, 5.41) is 50.2. The molecule has 0 aliphatic carbocycles. The van der Waals surface area contributed by atoms with Crippen molar-refractivity contribution in [1.29, 1.82) is 0 Å². The van der Waals surface area contributed by atoms with Gasteiger partial charge in [0.05, 0.1) is 13.2 Å². The van der Waals surface area contributed by atoms with E-state index in [1.165, 1.54) is 5.56 Å². The van der Waals surface area contributed by atoms with Gasteiger partial charge in [-0.3, -0.25) is 4.79 Å². The van der Waals surface area contributed by atoms with Crippen LogP contribution >= 0.6 is 0 Å². The van der Waals surface area contributed by atoms with Gasteiger partial charge in [-0.25, -0.2) is 0 Å². The molecule has 0 aliphatic heterocycles. The van der Waals surface area contributed by atoms with Crippen LogP contribution in [-0.2, 0) is 17.6 Å². The van der Waals surface area contributed by atoms with Crippen molar-refractivity contribution >= 4 is 17.2 Å². The van der Waals surface area contributed by atoms with Crippen LogP contribution in [-0.4, -0.2) is 137 Å². The van der Waals surface area contributed by atoms with Crippen LogP contribution < -0.4 is 22.9 Å². The first-order valence-electron chi connectivity index (χ1n) is 14.0. The minimum absolute atomic E-state index is 0. The molecule has 0 aliphatic rings. The maximum Gasteiger partial charge on any atom is 0.158 e. The van der Waals surface area contributed by atoms with Crippen molar-refractivity contribution in [1.82, 2.24) is 0 Å². The monoisotopic (exact) mass is 744 g/mol. The summed E-state index contributed by atoms with van der Waals surface area (Å²) in [6.45, 7) is 0.0961. The van der Waals surface area contributed by atoms with Crippen molar-refractivity contribution in [2.75, 3.05) is 51.1 Å². The van der Waals surface area contributed by atoms with E-state index >= 15 is 0 Å². The van der Waals surface area contributed by atoms with Gasteiger partial charge in [-0.15, -0.1) is 0 Å². The van der Waals surface area contributed by atoms with Crippen molar-refractivity contribution in [2.24, 2.45) is 11.5 Å². The number of hydrogen-bond acceptors (Lipinski definition) is 11. The Labute approximate surface area is 294 Å². The Bertz CT molecular complexity index is 892. The zero-order valence-corrected chi connectivity index (χ0v) is 28.8. The van der Waals surface area contributed by atoms with Crippen LogP contribution in [0.5, 0.6) is 0 Å². The van der Waals surface area contributed by atoms with Gasteiger partial charge in [0, 0.05) is 49.7 Å². The van der Waals surface area contributed by atoms with Crippen molar-refractivity contribution in [3.8, 4) is 0 Å². The minimum atomic E-state index is -0.403. The second-order valence-corrected chi connectivity index (χ2v) is 9.39. The lowest BCUT2D eigenvalue weighted by atomic mass is 10.0. The van der Waals surface area contributed by atoms with Gasteiger partial charge in [0.1, 0.15) is 6.61 Å². The second-order valence-electron chi connectivity index (χ2n) is 9.39. The molecule has 0 spiro atoms. The van der Waals surface area contributed by atoms with Gasteiger partial charge in [-0.05, 0) is 74.6 Å². The van der Waals surface area contributed by atoms with Gasteiger partial charge in [0.2, 0.25) is 0 Å². The molecule has 0 saturated heterocycles. The molecule has 1 unspecified atom stereocenters. The average molecular weight is 745 g/mol. The lowest BCUT2D eigenvalue weighted by molar-refractivity contribution is -0.122. The first-order chi connectivity index (χ1) is 19.7. The molecule has 20 nitrogen and oxygen atoms in total. The molecular weight excluding hydrogens is 672 g/mol. The number of benzene rings is 2. The highest BCUT2D eigenvalue weighted by molar-refractivity contribution is 5.79. The molecule has 0 aromatic heterocycles. The molecule has 2 atom stereocenters. The minimum Gasteiger partial charge on any atom is -0.412 e. The highest BCUT2D eigenvalue weighted by Crippen LogP contribution is 2.14. The summed E-state index contributed by atoms with van der Waals surface area (Å²) in [6, 6.07) is 15.3. The van der Waals surface area contributed by atoms with Crippen LogP contribution in [0, 0.1) is 0 Å². The summed E-state index contributed by atoms with van der Waals surface area (Å²) in [7, 11) is 0. The molecule has 2 aromatic rings. The first kappa shape index (κ1) is 76.8. The quantitative estimate of drug-likeness (QED) is 0.0568. The third-order valence-corrected chi connectivity index (χ3v) is 5.74. The normalized spacial score (nSPS) is 9.44. The number of ketones is 1. The van der Waals surface area contributed by atoms with Gasteiger partial charge in [0.15, 0.2) is 5.78 Å². The van der Waals surface area contributed by atoms with Crippen LogP contribution in [0.15, 0.2) is 48.5 Å². The number of aryl methyl sites for hydroxylation is 2. The predicted octanol–water partition coefficient (Wildman–Crippen LogP) is -6.92. The smallest absolute Gasteiger partial charge is 0.158 e. The van der Waals surface area contributed by atoms with Crippen molar-refractivity contribution < 1.29 is 84.7 Å². The predicted molar refractivity (Wildman–Crippen MR) is 197 cm³/mol. The lowest BCUT2D eigenvalue weighted by Crippen LogP contribution is -2.24. The molecule has 2 aromatic carbocycles. The van der Waals surface area contributed by atoms with E-state index in [2.05, 4.69) is 0 Å². The number of nitrogens with two attached hydrogens (primary N) is 4. The third kappa shape index (κ3) is 47.1. The number of aliphatic hydroxyl groups excluding tert-OH is 6. The number of carbonyl (C=O) groups excluding carboxylic acids is 1. The fourth-order valence-corrected chi connectivity index (χ4v) is 3.18. The average Bonchev–Trinajstić information content (AvgIpc) is 3.00. The second kappa shape index (κ2) is 55.4. The van der Waals surface area contributed by atoms with E-state index in [-0.39, 0.29) is 107 Å². The molecular formula is C30H72N4O16. The summed E-state index contributed by atoms with van der Waals surface area (Å²) >= 11 is 0. The zero-order valence-electron chi connectivity index (χ0n) is 28.8. The fourth-order valence-electron chi connectivity index (χ4n) is 3.18. The number of carbonyl (C=O) groups is 1. The van der Waals surface area contributed by atoms with Crippen LogP contribution in [0.4, 0.5) is 11.4 Å². The van der Waals surface area contributed by atoms with Crippen LogP contribution in [0.3, 0.4) is 0 Å². The molecule has 0 radical (unpaired) electrons. The topological polar surface area (TPSA) is 526 Å². The Morgan fingerprint density at radius 3 is 1.26 bits per heavy atom. The van der Waals surface area contributed by atoms with Crippen LogP contribution in [0.1, 0.15) is 56.1 Å². The molecule has 50 heavy (non-hydrogen) atoms. The molecule has 0 saturated carbocycles. The third-order valence-electron chi connectivity index (χ3n) is 5.74. The lowest BCUT2D eigenvalue weighted by Gasteiger charge is -2.08. The number of aliphatic hydroxyl groups is 6. The fraction of sp³-hybridized carbons (Fsp3) is 0.567. The number of nitrogen functional groups attached to an aromatic ring is 2. The Balaban J connectivity index is -0.0000000434. The largest absolute Gasteiger partial charge is 0.412 e. The van der Waals surface area contributed by atoms with Crippen molar-refractivity contribution in [3.63, 3.8) is 0 Å². The summed E-state index contributed by atoms with van der Waals surface area (Å²) in [4.78, 5) is 10.2. The standard InChI is InChI=1S/C10H16N2O.C10H15NO.C5H13NO2.C5H10O3.9H2O/c11-9(7-13)6-5-8-3-1-2-4-10(8)12;11-10-7-2-1-5-9(10)6-3-4-8-12;6-5(4-8)2-1-3-7;6-3-1-2-5(8)4-7;;;;;;;;;/h1-4,9,13H,5-7,11-12H2;1-2,5,7,12H,3-4,6,8,11H2;5,7-8H,1-4,6H2;6-7H,1-4H2;9*1H2/t;;5-;;;;;;;;;;/m..0........../s1. The van der Waals surface area contributed by atoms with Gasteiger partial charge in [-0.1, -0.05) is 36.4 Å². The van der Waals surface area contributed by atoms with E-state index in [9.17, 15) is 4.79 Å². The highest BCUT2D eigenvalue weighted by atomic mass is 16.3. The SMILES string of the molecule is N[C@H](CO)CCCO.Nc1ccccc1CCC(N)CO.Nc1ccccc1CCCCO.O.O.O.O.O.O.O.O.O.O=C(CO)CCCO. The molecule has 0 fully saturated rings. The molecule has 308 valence electrons. The van der Waals surface area contributed by atoms with Crippen molar-refractivity contribution in [3.05, 3.63) is 59.7 Å². The van der Waals surface area contributed by atoms with E-state index < -0.39 is 6.61 Å². The van der Waals surface area contributed by atoms with E-state index in [0.29, 0.717) is 19.3 Å². The number of rotatable bonds is 16. The molecule has 2 rings (SSSR count). The summed E-state index contributed by atoms with van der Waals surface area (Å²) in [5.41, 5.74) is 26.3. The molecule has 0 amide bonds. The van der Waals surface area contributed by atoms with Gasteiger partial charge in [0.25, 0.3) is 0 Å². The van der Waals surface area contributed by atoms with Crippen LogP contribution in [0.2, 0.25) is 0 Å². The van der Waals surface area contributed by atoms with Crippen LogP contribution in [0.25, 0.3) is 0 Å². The molecule has 20 heteroatoms. The number of Topliss-reactive ketones (excluding diaryl/α,β-unsaturated/α-hetero) is 1. The summed E-state index contributed by atoms with van der Waals surface area (Å²) in [6.07, 6.45) is 6.55. The molecule has 0 heterocycles. The van der Waals surface area contributed by atoms with E-state index in [0.717, 1.165) is 49.0 Å². The summed E-state index contributed by atoms with van der Waals surface area (Å²) in [5.74, 6) is -0.209. The zero-order chi connectivity index (χ0) is 31.3. The maximum absolute atomic E-state index is 10.2. The Kier molecular flexibility index (Phi) is 85.1. The number of unbranched alkanes of at least 4 members (excludes halogenated alkanes) is 1. The molecule has 32 N–H and O–H groups in total. The van der Waals surface area contributed by atoms with Crippen molar-refractivity contribution in [2.45, 2.75) is 69.9 Å². The highest BCUT2D eigenvalue weighted by Gasteiger charge is 2.03. The summed E-state index contributed by atoms with van der Waals surface area (Å²) < 4.78 is 0. The van der Waals surface area contributed by atoms with E-state index in [1.54, 1.807) is 0 Å². The number of anilines is 2. The molecule has 0 bridgehead atoms. The Hall–Kier alpha value is -2.97. The maximum atomic E-state index is 10.2. The van der Waals surface area contributed by atoms with E-state index in [4.69, 9.17) is 53.6 Å². The van der Waals surface area contributed by atoms with Gasteiger partial charge in [-0.2, -0.15) is 0 Å². The first-order valence-corrected chi connectivity index (χ1v) is 14.0.